The van der Waals surface area contributed by atoms with Crippen molar-refractivity contribution < 1.29 is 14.3 Å². The zero-order valence-corrected chi connectivity index (χ0v) is 12.7. The van der Waals surface area contributed by atoms with Gasteiger partial charge in [-0.25, -0.2) is 0 Å². The minimum Gasteiger partial charge on any atom is -0.469 e. The van der Waals surface area contributed by atoms with E-state index in [0.717, 1.165) is 18.4 Å². The number of carbonyl (C=O) groups is 2. The molecule has 1 aromatic carbocycles. The third kappa shape index (κ3) is 4.33. The number of hydrogen-bond donors (Lipinski definition) is 0. The van der Waals surface area contributed by atoms with Crippen LogP contribution < -0.4 is 0 Å². The first-order chi connectivity index (χ1) is 10.1. The molecular formula is C16H18ClNO3. The van der Waals surface area contributed by atoms with Crippen molar-refractivity contribution in [3.63, 3.8) is 0 Å². The maximum atomic E-state index is 12.2. The Morgan fingerprint density at radius 1 is 1.43 bits per heavy atom. The minimum atomic E-state index is -0.244. The lowest BCUT2D eigenvalue weighted by molar-refractivity contribution is -0.148. The van der Waals surface area contributed by atoms with Crippen molar-refractivity contribution in [1.82, 2.24) is 4.90 Å². The molecular weight excluding hydrogens is 290 g/mol. The molecule has 1 aromatic rings. The van der Waals surface area contributed by atoms with Crippen LogP contribution in [-0.2, 0) is 14.3 Å². The molecule has 2 rings (SSSR count). The van der Waals surface area contributed by atoms with Gasteiger partial charge < -0.3 is 9.64 Å². The minimum absolute atomic E-state index is 0.0939. The lowest BCUT2D eigenvalue weighted by Gasteiger charge is -2.30. The summed E-state index contributed by atoms with van der Waals surface area (Å²) >= 11 is 5.90. The topological polar surface area (TPSA) is 46.6 Å². The quantitative estimate of drug-likeness (QED) is 0.637. The smallest absolute Gasteiger partial charge is 0.310 e. The van der Waals surface area contributed by atoms with Gasteiger partial charge in [0.25, 0.3) is 0 Å². The second-order valence-corrected chi connectivity index (χ2v) is 5.47. The summed E-state index contributed by atoms with van der Waals surface area (Å²) in [5.74, 6) is -0.554. The van der Waals surface area contributed by atoms with Crippen molar-refractivity contribution in [1.29, 1.82) is 0 Å². The number of ether oxygens (including phenoxy) is 1. The normalized spacial score (nSPS) is 18.8. The fourth-order valence-corrected chi connectivity index (χ4v) is 2.62. The average molecular weight is 308 g/mol. The monoisotopic (exact) mass is 307 g/mol. The maximum absolute atomic E-state index is 12.2. The second-order valence-electron chi connectivity index (χ2n) is 5.03. The molecule has 1 fully saturated rings. The van der Waals surface area contributed by atoms with E-state index in [1.807, 2.05) is 12.1 Å². The van der Waals surface area contributed by atoms with Crippen molar-refractivity contribution >= 4 is 29.6 Å². The zero-order chi connectivity index (χ0) is 15.2. The number of amides is 1. The molecule has 0 saturated carbocycles. The highest BCUT2D eigenvalue weighted by Gasteiger charge is 2.28. The second kappa shape index (κ2) is 7.27. The van der Waals surface area contributed by atoms with Gasteiger partial charge in [-0.2, -0.15) is 0 Å². The van der Waals surface area contributed by atoms with Crippen LogP contribution in [0.1, 0.15) is 18.4 Å². The Balaban J connectivity index is 1.98. The molecule has 1 heterocycles. The summed E-state index contributed by atoms with van der Waals surface area (Å²) in [4.78, 5) is 25.4. The summed E-state index contributed by atoms with van der Waals surface area (Å²) in [7, 11) is 1.38. The predicted octanol–water partition coefficient (Wildman–Crippen LogP) is 2.76. The predicted molar refractivity (Wildman–Crippen MR) is 81.8 cm³/mol. The number of piperidine rings is 1. The Labute approximate surface area is 129 Å². The molecule has 1 atom stereocenters. The largest absolute Gasteiger partial charge is 0.469 e. The molecule has 1 aliphatic rings. The van der Waals surface area contributed by atoms with E-state index >= 15 is 0 Å². The van der Waals surface area contributed by atoms with Gasteiger partial charge in [-0.05, 0) is 36.6 Å². The number of likely N-dealkylation sites (tertiary alicyclic amines) is 1. The standard InChI is InChI=1S/C16H18ClNO3/c1-21-16(20)13-5-3-9-18(11-13)15(19)8-7-12-4-2-6-14(17)10-12/h2,4,6-8,10,13H,3,5,9,11H2,1H3/b8-7+. The Kier molecular flexibility index (Phi) is 5.39. The number of carbonyl (C=O) groups excluding carboxylic acids is 2. The van der Waals surface area contributed by atoms with Crippen molar-refractivity contribution in [2.24, 2.45) is 5.92 Å². The number of halogens is 1. The van der Waals surface area contributed by atoms with E-state index in [-0.39, 0.29) is 17.8 Å². The third-order valence-electron chi connectivity index (χ3n) is 3.53. The highest BCUT2D eigenvalue weighted by molar-refractivity contribution is 6.30. The number of methoxy groups -OCH3 is 1. The summed E-state index contributed by atoms with van der Waals surface area (Å²) in [6.45, 7) is 1.09. The summed E-state index contributed by atoms with van der Waals surface area (Å²) in [6, 6.07) is 7.29. The first-order valence-corrected chi connectivity index (χ1v) is 7.28. The van der Waals surface area contributed by atoms with Crippen molar-refractivity contribution in [3.05, 3.63) is 40.9 Å². The molecule has 112 valence electrons. The Hall–Kier alpha value is -1.81. The lowest BCUT2D eigenvalue weighted by Crippen LogP contribution is -2.41. The van der Waals surface area contributed by atoms with E-state index in [1.54, 1.807) is 23.1 Å². The first kappa shape index (κ1) is 15.6. The fourth-order valence-electron chi connectivity index (χ4n) is 2.42. The summed E-state index contributed by atoms with van der Waals surface area (Å²) in [5, 5.41) is 0.633. The average Bonchev–Trinajstić information content (AvgIpc) is 2.52. The van der Waals surface area contributed by atoms with Gasteiger partial charge in [0, 0.05) is 24.2 Å². The van der Waals surface area contributed by atoms with Crippen LogP contribution in [0.15, 0.2) is 30.3 Å². The van der Waals surface area contributed by atoms with Crippen molar-refractivity contribution in [3.8, 4) is 0 Å². The summed E-state index contributed by atoms with van der Waals surface area (Å²) < 4.78 is 4.75. The molecule has 0 bridgehead atoms. The molecule has 0 spiro atoms. The number of benzene rings is 1. The Morgan fingerprint density at radius 3 is 2.95 bits per heavy atom. The van der Waals surface area contributed by atoms with Gasteiger partial charge in [0.2, 0.25) is 5.91 Å². The van der Waals surface area contributed by atoms with Gasteiger partial charge in [0.05, 0.1) is 13.0 Å². The van der Waals surface area contributed by atoms with E-state index in [1.165, 1.54) is 13.2 Å². The molecule has 0 N–H and O–H groups in total. The Morgan fingerprint density at radius 2 is 2.24 bits per heavy atom. The molecule has 0 aliphatic carbocycles. The van der Waals surface area contributed by atoms with Gasteiger partial charge in [0.15, 0.2) is 0 Å². The van der Waals surface area contributed by atoms with Crippen molar-refractivity contribution in [2.75, 3.05) is 20.2 Å². The molecule has 1 saturated heterocycles. The van der Waals surface area contributed by atoms with Crippen LogP contribution in [0.2, 0.25) is 5.02 Å². The summed E-state index contributed by atoms with van der Waals surface area (Å²) in [6.07, 6.45) is 4.84. The first-order valence-electron chi connectivity index (χ1n) is 6.90. The van der Waals surface area contributed by atoms with Crippen LogP contribution in [0.5, 0.6) is 0 Å². The molecule has 1 amide bonds. The third-order valence-corrected chi connectivity index (χ3v) is 3.77. The number of rotatable bonds is 3. The van der Waals surface area contributed by atoms with E-state index in [2.05, 4.69) is 0 Å². The van der Waals surface area contributed by atoms with E-state index in [0.29, 0.717) is 18.1 Å². The van der Waals surface area contributed by atoms with Crippen LogP contribution in [-0.4, -0.2) is 37.0 Å². The molecule has 0 radical (unpaired) electrons. The summed E-state index contributed by atoms with van der Waals surface area (Å²) in [5.41, 5.74) is 0.873. The van der Waals surface area contributed by atoms with Crippen LogP contribution in [0.3, 0.4) is 0 Å². The highest BCUT2D eigenvalue weighted by atomic mass is 35.5. The molecule has 21 heavy (non-hydrogen) atoms. The molecule has 4 nitrogen and oxygen atoms in total. The lowest BCUT2D eigenvalue weighted by atomic mass is 9.98. The number of esters is 1. The SMILES string of the molecule is COC(=O)C1CCCN(C(=O)/C=C/c2cccc(Cl)c2)C1. The fraction of sp³-hybridized carbons (Fsp3) is 0.375. The Bertz CT molecular complexity index is 556. The van der Waals surface area contributed by atoms with E-state index < -0.39 is 0 Å². The molecule has 0 aromatic heterocycles. The van der Waals surface area contributed by atoms with Crippen LogP contribution in [0, 0.1) is 5.92 Å². The van der Waals surface area contributed by atoms with Gasteiger partial charge >= 0.3 is 5.97 Å². The number of hydrogen-bond acceptors (Lipinski definition) is 3. The van der Waals surface area contributed by atoms with Crippen LogP contribution in [0.25, 0.3) is 6.08 Å². The van der Waals surface area contributed by atoms with Crippen LogP contribution >= 0.6 is 11.6 Å². The molecule has 1 aliphatic heterocycles. The van der Waals surface area contributed by atoms with Crippen LogP contribution in [0.4, 0.5) is 0 Å². The van der Waals surface area contributed by atoms with E-state index in [4.69, 9.17) is 16.3 Å². The van der Waals surface area contributed by atoms with Crippen molar-refractivity contribution in [2.45, 2.75) is 12.8 Å². The number of nitrogens with zero attached hydrogens (tertiary/aromatic N) is 1. The van der Waals surface area contributed by atoms with Gasteiger partial charge in [-0.15, -0.1) is 0 Å². The molecule has 5 heteroatoms. The molecule has 1 unspecified atom stereocenters. The van der Waals surface area contributed by atoms with E-state index in [9.17, 15) is 9.59 Å². The zero-order valence-electron chi connectivity index (χ0n) is 11.9. The maximum Gasteiger partial charge on any atom is 0.310 e. The highest BCUT2D eigenvalue weighted by Crippen LogP contribution is 2.18. The van der Waals surface area contributed by atoms with Gasteiger partial charge in [0.1, 0.15) is 0 Å². The van der Waals surface area contributed by atoms with Gasteiger partial charge in [-0.1, -0.05) is 23.7 Å². The van der Waals surface area contributed by atoms with Gasteiger partial charge in [-0.3, -0.25) is 9.59 Å².